The Hall–Kier alpha value is -2.91. The van der Waals surface area contributed by atoms with Crippen molar-refractivity contribution in [2.75, 3.05) is 0 Å². The molecule has 186 valence electrons. The summed E-state index contributed by atoms with van der Waals surface area (Å²) in [7, 11) is 0. The molecule has 5 aromatic rings. The van der Waals surface area contributed by atoms with Gasteiger partial charge >= 0.3 is 0 Å². The van der Waals surface area contributed by atoms with Gasteiger partial charge in [0.15, 0.2) is 0 Å². The summed E-state index contributed by atoms with van der Waals surface area (Å²) in [4.78, 5) is 0. The molecular weight excluding hydrogens is 468 g/mol. The van der Waals surface area contributed by atoms with Crippen LogP contribution in [0.2, 0.25) is 0 Å². The van der Waals surface area contributed by atoms with Crippen molar-refractivity contribution < 1.29 is 4.57 Å². The molecule has 0 atom stereocenters. The third kappa shape index (κ3) is 3.46. The number of hydrogen-bond donors (Lipinski definition) is 0. The predicted octanol–water partition coefficient (Wildman–Crippen LogP) is 9.26. The Morgan fingerprint density at radius 2 is 1.49 bits per heavy atom. The molecule has 3 aromatic carbocycles. The van der Waals surface area contributed by atoms with Crippen molar-refractivity contribution in [3.8, 4) is 17.1 Å². The van der Waals surface area contributed by atoms with E-state index in [9.17, 15) is 0 Å². The fraction of sp³-hybridized carbons (Fsp3) is 0.382. The van der Waals surface area contributed by atoms with E-state index < -0.39 is 0 Å². The lowest BCUT2D eigenvalue weighted by molar-refractivity contribution is -0.671. The maximum absolute atomic E-state index is 2.64. The summed E-state index contributed by atoms with van der Waals surface area (Å²) in [6.07, 6.45) is 18.3. The van der Waals surface area contributed by atoms with E-state index in [0.29, 0.717) is 11.8 Å². The average Bonchev–Trinajstić information content (AvgIpc) is 3.65. The van der Waals surface area contributed by atoms with E-state index in [2.05, 4.69) is 76.1 Å². The number of thiophene rings is 1. The van der Waals surface area contributed by atoms with Crippen LogP contribution in [0.25, 0.3) is 37.2 Å². The summed E-state index contributed by atoms with van der Waals surface area (Å²) >= 11 is 2.05. The van der Waals surface area contributed by atoms with Crippen LogP contribution in [-0.2, 0) is 6.54 Å². The van der Waals surface area contributed by atoms with Gasteiger partial charge in [0.25, 0.3) is 5.82 Å². The minimum absolute atomic E-state index is 0.655. The number of rotatable bonds is 3. The maximum atomic E-state index is 2.64. The highest BCUT2D eigenvalue weighted by Gasteiger charge is 2.36. The molecule has 0 saturated heterocycles. The summed E-state index contributed by atoms with van der Waals surface area (Å²) in [6, 6.07) is 20.8. The van der Waals surface area contributed by atoms with Crippen LogP contribution in [0.3, 0.4) is 0 Å². The van der Waals surface area contributed by atoms with Crippen LogP contribution < -0.4 is 4.57 Å². The molecule has 37 heavy (non-hydrogen) atoms. The van der Waals surface area contributed by atoms with Gasteiger partial charge in [-0.1, -0.05) is 74.9 Å². The number of imidazole rings is 1. The van der Waals surface area contributed by atoms with E-state index >= 15 is 0 Å². The van der Waals surface area contributed by atoms with Crippen molar-refractivity contribution in [2.45, 2.75) is 82.6 Å². The first-order valence-electron chi connectivity index (χ1n) is 14.5. The molecule has 2 fully saturated rings. The molecule has 2 nitrogen and oxygen atoms in total. The van der Waals surface area contributed by atoms with Crippen LogP contribution in [0.1, 0.15) is 92.7 Å². The topological polar surface area (TPSA) is 8.81 Å². The Labute approximate surface area is 223 Å². The summed E-state index contributed by atoms with van der Waals surface area (Å²) in [5, 5.41) is 2.97. The van der Waals surface area contributed by atoms with Gasteiger partial charge in [0, 0.05) is 36.9 Å². The van der Waals surface area contributed by atoms with Crippen LogP contribution in [0.5, 0.6) is 0 Å². The summed E-state index contributed by atoms with van der Waals surface area (Å²) in [5.41, 5.74) is 7.70. The van der Waals surface area contributed by atoms with Crippen molar-refractivity contribution >= 4 is 31.5 Å². The maximum Gasteiger partial charge on any atom is 0.294 e. The molecular formula is C34H35N2S+. The molecule has 3 heterocycles. The first-order valence-corrected chi connectivity index (χ1v) is 15.4. The Bertz CT molecular complexity index is 1620. The van der Waals surface area contributed by atoms with E-state index in [0.717, 1.165) is 6.54 Å². The number of fused-ring (bicyclic) bond motifs is 6. The second-order valence-corrected chi connectivity index (χ2v) is 12.7. The molecule has 2 aromatic heterocycles. The Morgan fingerprint density at radius 1 is 0.757 bits per heavy atom. The second-order valence-electron chi connectivity index (χ2n) is 11.6. The minimum Gasteiger partial charge on any atom is -0.225 e. The van der Waals surface area contributed by atoms with E-state index in [1.165, 1.54) is 96.6 Å². The van der Waals surface area contributed by atoms with Crippen molar-refractivity contribution in [1.82, 2.24) is 4.57 Å². The van der Waals surface area contributed by atoms with Gasteiger partial charge in [0.1, 0.15) is 24.6 Å². The second kappa shape index (κ2) is 8.84. The van der Waals surface area contributed by atoms with Crippen molar-refractivity contribution in [2.24, 2.45) is 0 Å². The standard InChI is InChI=1S/C34H35N2S/c1-3-11-23(12-4-1)28-21-29-27-17-9-10-18-30(27)37-33(29)31(24-13-5-2-6-14-24)32(28)36-20-19-35-22-25-15-7-8-16-26(25)34(35)36/h7-10,15-21,23-24H,1-6,11-14,22H2/q+1. The Balaban J connectivity index is 1.48. The average molecular weight is 504 g/mol. The van der Waals surface area contributed by atoms with E-state index in [1.54, 1.807) is 21.5 Å². The van der Waals surface area contributed by atoms with Crippen LogP contribution in [-0.4, -0.2) is 4.57 Å². The number of benzene rings is 3. The highest BCUT2D eigenvalue weighted by molar-refractivity contribution is 7.26. The molecule has 3 aliphatic rings. The molecule has 1 aliphatic heterocycles. The molecule has 0 unspecified atom stereocenters. The SMILES string of the molecule is c1ccc2c(c1)C[n+]1ccn(-c3c(C4CCCCC4)cc4c(sc5ccccc54)c3C3CCCCC3)c1-2. The van der Waals surface area contributed by atoms with E-state index in [4.69, 9.17) is 0 Å². The largest absolute Gasteiger partial charge is 0.294 e. The molecule has 8 rings (SSSR count). The van der Waals surface area contributed by atoms with Gasteiger partial charge in [-0.2, -0.15) is 4.57 Å². The fourth-order valence-electron chi connectivity index (χ4n) is 7.74. The van der Waals surface area contributed by atoms with Crippen molar-refractivity contribution in [1.29, 1.82) is 0 Å². The number of nitrogens with zero attached hydrogens (tertiary/aromatic N) is 2. The normalized spacial score (nSPS) is 18.5. The zero-order valence-corrected chi connectivity index (χ0v) is 22.4. The van der Waals surface area contributed by atoms with Crippen LogP contribution >= 0.6 is 11.3 Å². The van der Waals surface area contributed by atoms with E-state index in [-0.39, 0.29) is 0 Å². The first-order chi connectivity index (χ1) is 18.4. The van der Waals surface area contributed by atoms with Gasteiger partial charge < -0.3 is 0 Å². The van der Waals surface area contributed by atoms with Gasteiger partial charge in [-0.25, -0.2) is 4.57 Å². The Kier molecular flexibility index (Phi) is 5.28. The predicted molar refractivity (Wildman–Crippen MR) is 155 cm³/mol. The highest BCUT2D eigenvalue weighted by Crippen LogP contribution is 2.50. The molecule has 0 spiro atoms. The summed E-state index contributed by atoms with van der Waals surface area (Å²) in [5.74, 6) is 2.70. The summed E-state index contributed by atoms with van der Waals surface area (Å²) in [6.45, 7) is 0.987. The number of aromatic nitrogens is 2. The molecule has 0 amide bonds. The highest BCUT2D eigenvalue weighted by atomic mass is 32.1. The van der Waals surface area contributed by atoms with Crippen LogP contribution in [0, 0.1) is 0 Å². The smallest absolute Gasteiger partial charge is 0.225 e. The zero-order valence-electron chi connectivity index (χ0n) is 21.6. The molecule has 0 radical (unpaired) electrons. The third-order valence-electron chi connectivity index (χ3n) is 9.50. The van der Waals surface area contributed by atoms with Gasteiger partial charge in [0.2, 0.25) is 0 Å². The lowest BCUT2D eigenvalue weighted by atomic mass is 9.77. The minimum atomic E-state index is 0.655. The fourth-order valence-corrected chi connectivity index (χ4v) is 9.05. The molecule has 2 saturated carbocycles. The monoisotopic (exact) mass is 503 g/mol. The number of hydrogen-bond acceptors (Lipinski definition) is 1. The van der Waals surface area contributed by atoms with Gasteiger partial charge in [-0.05, 0) is 55.7 Å². The third-order valence-corrected chi connectivity index (χ3v) is 10.7. The lowest BCUT2D eigenvalue weighted by Gasteiger charge is -2.29. The van der Waals surface area contributed by atoms with Gasteiger partial charge in [-0.3, -0.25) is 0 Å². The zero-order chi connectivity index (χ0) is 24.3. The van der Waals surface area contributed by atoms with Crippen molar-refractivity contribution in [3.05, 3.63) is 83.7 Å². The molecule has 0 bridgehead atoms. The van der Waals surface area contributed by atoms with E-state index in [1.807, 2.05) is 11.3 Å². The molecule has 0 N–H and O–H groups in total. The lowest BCUT2D eigenvalue weighted by Crippen LogP contribution is -2.30. The first kappa shape index (κ1) is 22.1. The molecule has 3 heteroatoms. The quantitative estimate of drug-likeness (QED) is 0.213. The van der Waals surface area contributed by atoms with Crippen molar-refractivity contribution in [3.63, 3.8) is 0 Å². The van der Waals surface area contributed by atoms with Crippen LogP contribution in [0.4, 0.5) is 0 Å². The summed E-state index contributed by atoms with van der Waals surface area (Å²) < 4.78 is 8.11. The van der Waals surface area contributed by atoms with Crippen LogP contribution in [0.15, 0.2) is 67.0 Å². The van der Waals surface area contributed by atoms with Gasteiger partial charge in [0.05, 0.1) is 5.56 Å². The molecule has 2 aliphatic carbocycles. The Morgan fingerprint density at radius 3 is 2.32 bits per heavy atom. The van der Waals surface area contributed by atoms with Gasteiger partial charge in [-0.15, -0.1) is 11.3 Å².